The third kappa shape index (κ3) is 3.28. The van der Waals surface area contributed by atoms with Gasteiger partial charge in [-0.2, -0.15) is 0 Å². The maximum Gasteiger partial charge on any atom is 0.129 e. The first kappa shape index (κ1) is 15.7. The summed E-state index contributed by atoms with van der Waals surface area (Å²) >= 11 is 5.93. The molecule has 0 spiro atoms. The maximum atomic E-state index is 8.53. The summed E-state index contributed by atoms with van der Waals surface area (Å²) in [4.78, 5) is 4.22. The lowest BCUT2D eigenvalue weighted by Crippen LogP contribution is -2.31. The lowest BCUT2D eigenvalue weighted by Gasteiger charge is -2.21. The average Bonchev–Trinajstić information content (AvgIpc) is 3.01. The monoisotopic (exact) mass is 326 g/mol. The minimum absolute atomic E-state index is 0.412. The summed E-state index contributed by atoms with van der Waals surface area (Å²) in [5.41, 5.74) is 2.78. The van der Waals surface area contributed by atoms with Crippen molar-refractivity contribution >= 4 is 23.1 Å². The van der Waals surface area contributed by atoms with Crippen molar-refractivity contribution in [2.45, 2.75) is 0 Å². The Morgan fingerprint density at radius 2 is 1.61 bits per heavy atom. The molecular formula is C18H19ClN4. The second kappa shape index (κ2) is 6.52. The van der Waals surface area contributed by atoms with E-state index < -0.39 is 0 Å². The number of nitrogens with one attached hydrogen (secondary N) is 2. The molecule has 23 heavy (non-hydrogen) atoms. The molecule has 1 heterocycles. The van der Waals surface area contributed by atoms with Gasteiger partial charge in [-0.15, -0.1) is 0 Å². The van der Waals surface area contributed by atoms with Gasteiger partial charge in [0, 0.05) is 34.8 Å². The van der Waals surface area contributed by atoms with Gasteiger partial charge in [0.15, 0.2) is 0 Å². The molecule has 0 atom stereocenters. The number of halogens is 1. The summed E-state index contributed by atoms with van der Waals surface area (Å²) in [6, 6.07) is 14.9. The number of hydrogen-bond acceptors (Lipinski definition) is 3. The normalized spacial score (nSPS) is 15.0. The Bertz CT molecular complexity index is 739. The highest BCUT2D eigenvalue weighted by molar-refractivity contribution is 6.30. The standard InChI is InChI=1S/C18H19ClN4/c1-22-10-11-23(12-22)18(21)16-5-3-2-4-15(16)17(20)13-6-8-14(19)9-7-13/h2-9,20-21H,10-12H2,1H3. The van der Waals surface area contributed by atoms with E-state index in [-0.39, 0.29) is 0 Å². The maximum absolute atomic E-state index is 8.53. The molecule has 0 bridgehead atoms. The molecule has 1 saturated heterocycles. The van der Waals surface area contributed by atoms with Crippen LogP contribution in [0.4, 0.5) is 0 Å². The van der Waals surface area contributed by atoms with E-state index in [1.165, 1.54) is 0 Å². The Morgan fingerprint density at radius 3 is 2.22 bits per heavy atom. The average molecular weight is 327 g/mol. The van der Waals surface area contributed by atoms with E-state index >= 15 is 0 Å². The molecule has 5 heteroatoms. The molecule has 0 radical (unpaired) electrons. The molecule has 2 aromatic rings. The van der Waals surface area contributed by atoms with Gasteiger partial charge < -0.3 is 4.90 Å². The van der Waals surface area contributed by atoms with Crippen LogP contribution in [0, 0.1) is 10.8 Å². The second-order valence-electron chi connectivity index (χ2n) is 5.76. The van der Waals surface area contributed by atoms with E-state index in [9.17, 15) is 0 Å². The van der Waals surface area contributed by atoms with Crippen molar-refractivity contribution in [1.82, 2.24) is 9.80 Å². The van der Waals surface area contributed by atoms with Crippen molar-refractivity contribution in [1.29, 1.82) is 10.8 Å². The highest BCUT2D eigenvalue weighted by Crippen LogP contribution is 2.19. The van der Waals surface area contributed by atoms with Crippen LogP contribution in [0.15, 0.2) is 48.5 Å². The van der Waals surface area contributed by atoms with Crippen LogP contribution in [0.5, 0.6) is 0 Å². The largest absolute Gasteiger partial charge is 0.342 e. The summed E-state index contributed by atoms with van der Waals surface area (Å²) in [6.07, 6.45) is 0. The number of amidine groups is 1. The molecule has 1 aliphatic heterocycles. The Kier molecular flexibility index (Phi) is 4.46. The highest BCUT2D eigenvalue weighted by Gasteiger charge is 2.22. The fraction of sp³-hybridized carbons (Fsp3) is 0.222. The summed E-state index contributed by atoms with van der Waals surface area (Å²) in [5.74, 6) is 0.476. The summed E-state index contributed by atoms with van der Waals surface area (Å²) in [5, 5.41) is 17.7. The predicted molar refractivity (Wildman–Crippen MR) is 94.9 cm³/mol. The number of benzene rings is 2. The van der Waals surface area contributed by atoms with Gasteiger partial charge in [-0.1, -0.05) is 48.0 Å². The fourth-order valence-corrected chi connectivity index (χ4v) is 2.88. The Labute approximate surface area is 141 Å². The van der Waals surface area contributed by atoms with Gasteiger partial charge in [-0.25, -0.2) is 0 Å². The highest BCUT2D eigenvalue weighted by atomic mass is 35.5. The van der Waals surface area contributed by atoms with Gasteiger partial charge in [-0.05, 0) is 19.2 Å². The molecule has 118 valence electrons. The van der Waals surface area contributed by atoms with Crippen molar-refractivity contribution in [3.05, 3.63) is 70.2 Å². The molecule has 1 aliphatic rings. The molecule has 0 aliphatic carbocycles. The van der Waals surface area contributed by atoms with Crippen molar-refractivity contribution < 1.29 is 0 Å². The molecule has 2 N–H and O–H groups in total. The predicted octanol–water partition coefficient (Wildman–Crippen LogP) is 3.29. The van der Waals surface area contributed by atoms with E-state index in [1.54, 1.807) is 12.1 Å². The molecule has 0 amide bonds. The lowest BCUT2D eigenvalue weighted by atomic mass is 9.96. The number of nitrogens with zero attached hydrogens (tertiary/aromatic N) is 2. The Balaban J connectivity index is 1.93. The van der Waals surface area contributed by atoms with Crippen LogP contribution in [0.2, 0.25) is 5.02 Å². The lowest BCUT2D eigenvalue weighted by molar-refractivity contribution is 0.359. The van der Waals surface area contributed by atoms with Crippen LogP contribution in [0.1, 0.15) is 16.7 Å². The smallest absolute Gasteiger partial charge is 0.129 e. The first-order valence-corrected chi connectivity index (χ1v) is 7.90. The first-order valence-electron chi connectivity index (χ1n) is 7.52. The molecule has 0 unspecified atom stereocenters. The molecule has 1 fully saturated rings. The summed E-state index contributed by atoms with van der Waals surface area (Å²) < 4.78 is 0. The molecule has 2 aromatic carbocycles. The molecule has 0 aromatic heterocycles. The second-order valence-corrected chi connectivity index (χ2v) is 6.20. The van der Waals surface area contributed by atoms with Crippen LogP contribution in [0.25, 0.3) is 0 Å². The van der Waals surface area contributed by atoms with Crippen molar-refractivity contribution in [3.8, 4) is 0 Å². The van der Waals surface area contributed by atoms with E-state index in [0.717, 1.165) is 36.4 Å². The Hall–Kier alpha value is -2.17. The Morgan fingerprint density at radius 1 is 0.957 bits per heavy atom. The van der Waals surface area contributed by atoms with E-state index in [2.05, 4.69) is 11.9 Å². The van der Waals surface area contributed by atoms with Crippen LogP contribution in [0.3, 0.4) is 0 Å². The van der Waals surface area contributed by atoms with Gasteiger partial charge in [0.1, 0.15) is 5.84 Å². The third-order valence-corrected chi connectivity index (χ3v) is 4.32. The quantitative estimate of drug-likeness (QED) is 0.671. The molecule has 3 rings (SSSR count). The van der Waals surface area contributed by atoms with E-state index in [4.69, 9.17) is 22.4 Å². The first-order chi connectivity index (χ1) is 11.1. The zero-order chi connectivity index (χ0) is 16.4. The molecule has 4 nitrogen and oxygen atoms in total. The number of hydrogen-bond donors (Lipinski definition) is 2. The molecule has 0 saturated carbocycles. The zero-order valence-electron chi connectivity index (χ0n) is 13.0. The van der Waals surface area contributed by atoms with Gasteiger partial charge in [0.2, 0.25) is 0 Å². The number of rotatable bonds is 3. The number of likely N-dealkylation sites (N-methyl/N-ethyl adjacent to an activating group) is 1. The minimum Gasteiger partial charge on any atom is -0.342 e. The van der Waals surface area contributed by atoms with Crippen LogP contribution in [-0.2, 0) is 0 Å². The van der Waals surface area contributed by atoms with Gasteiger partial charge in [-0.3, -0.25) is 15.7 Å². The fourth-order valence-electron chi connectivity index (χ4n) is 2.76. The topological polar surface area (TPSA) is 54.2 Å². The van der Waals surface area contributed by atoms with Gasteiger partial charge in [0.05, 0.1) is 12.4 Å². The van der Waals surface area contributed by atoms with Crippen LogP contribution < -0.4 is 0 Å². The molecular weight excluding hydrogens is 308 g/mol. The van der Waals surface area contributed by atoms with Crippen molar-refractivity contribution in [3.63, 3.8) is 0 Å². The van der Waals surface area contributed by atoms with Crippen molar-refractivity contribution in [2.75, 3.05) is 26.8 Å². The zero-order valence-corrected chi connectivity index (χ0v) is 13.8. The minimum atomic E-state index is 0.412. The van der Waals surface area contributed by atoms with E-state index in [1.807, 2.05) is 41.3 Å². The van der Waals surface area contributed by atoms with E-state index in [0.29, 0.717) is 16.6 Å². The van der Waals surface area contributed by atoms with Gasteiger partial charge >= 0.3 is 0 Å². The SMILES string of the molecule is CN1CCN(C(=N)c2ccccc2C(=N)c2ccc(Cl)cc2)C1. The van der Waals surface area contributed by atoms with Crippen molar-refractivity contribution in [2.24, 2.45) is 0 Å². The summed E-state index contributed by atoms with van der Waals surface area (Å²) in [6.45, 7) is 2.55. The third-order valence-electron chi connectivity index (χ3n) is 4.06. The van der Waals surface area contributed by atoms with Gasteiger partial charge in [0.25, 0.3) is 0 Å². The summed E-state index contributed by atoms with van der Waals surface area (Å²) in [7, 11) is 2.05. The van der Waals surface area contributed by atoms with Crippen LogP contribution in [-0.4, -0.2) is 48.2 Å². The van der Waals surface area contributed by atoms with Crippen LogP contribution >= 0.6 is 11.6 Å².